The van der Waals surface area contributed by atoms with Crippen LogP contribution in [0, 0.1) is 0 Å². The highest BCUT2D eigenvalue weighted by Gasteiger charge is 2.45. The molecule has 1 aromatic heterocycles. The summed E-state index contributed by atoms with van der Waals surface area (Å²) in [7, 11) is -3.62. The predicted molar refractivity (Wildman–Crippen MR) is 58.6 cm³/mol. The van der Waals surface area contributed by atoms with Crippen LogP contribution in [0.15, 0.2) is 23.2 Å². The molecule has 0 amide bonds. The smallest absolute Gasteiger partial charge is 0.242 e. The molecule has 0 unspecified atom stereocenters. The van der Waals surface area contributed by atoms with E-state index in [4.69, 9.17) is 16.7 Å². The summed E-state index contributed by atoms with van der Waals surface area (Å²) in [5, 5.41) is 9.29. The Morgan fingerprint density at radius 1 is 1.50 bits per heavy atom. The number of pyridine rings is 1. The van der Waals surface area contributed by atoms with Gasteiger partial charge >= 0.3 is 0 Å². The van der Waals surface area contributed by atoms with Gasteiger partial charge in [-0.3, -0.25) is 0 Å². The Morgan fingerprint density at radius 2 is 2.19 bits per heavy atom. The van der Waals surface area contributed by atoms with Crippen LogP contribution in [0.1, 0.15) is 12.8 Å². The summed E-state index contributed by atoms with van der Waals surface area (Å²) in [6, 6.07) is 2.79. The summed E-state index contributed by atoms with van der Waals surface area (Å²) in [6.07, 6.45) is 2.51. The zero-order valence-electron chi connectivity index (χ0n) is 8.35. The Morgan fingerprint density at radius 3 is 2.62 bits per heavy atom. The van der Waals surface area contributed by atoms with Crippen molar-refractivity contribution in [2.24, 2.45) is 0 Å². The van der Waals surface area contributed by atoms with Crippen molar-refractivity contribution in [3.8, 4) is 0 Å². The molecule has 0 spiro atoms. The van der Waals surface area contributed by atoms with Crippen molar-refractivity contribution in [1.29, 1.82) is 0 Å². The number of sulfonamides is 1. The lowest BCUT2D eigenvalue weighted by atomic mass is 10.3. The molecule has 0 bridgehead atoms. The Labute approximate surface area is 98.5 Å². The molecule has 2 rings (SSSR count). The average Bonchev–Trinajstić information content (AvgIpc) is 2.98. The summed E-state index contributed by atoms with van der Waals surface area (Å²) in [5.41, 5.74) is -0.668. The lowest BCUT2D eigenvalue weighted by Gasteiger charge is -2.14. The first-order chi connectivity index (χ1) is 7.47. The normalized spacial score (nSPS) is 18.4. The number of hydrogen-bond acceptors (Lipinski definition) is 4. The third-order valence-corrected chi connectivity index (χ3v) is 4.31. The molecule has 0 saturated heterocycles. The topological polar surface area (TPSA) is 79.3 Å². The first-order valence-corrected chi connectivity index (χ1v) is 6.60. The Hall–Kier alpha value is -0.690. The molecule has 2 N–H and O–H groups in total. The van der Waals surface area contributed by atoms with E-state index in [0.29, 0.717) is 12.8 Å². The number of aliphatic hydroxyl groups excluding tert-OH is 1. The molecule has 1 aliphatic rings. The van der Waals surface area contributed by atoms with Crippen LogP contribution >= 0.6 is 11.6 Å². The highest BCUT2D eigenvalue weighted by Crippen LogP contribution is 2.36. The monoisotopic (exact) mass is 262 g/mol. The van der Waals surface area contributed by atoms with E-state index >= 15 is 0 Å². The van der Waals surface area contributed by atoms with E-state index in [-0.39, 0.29) is 16.7 Å². The van der Waals surface area contributed by atoms with Crippen molar-refractivity contribution in [2.45, 2.75) is 23.3 Å². The van der Waals surface area contributed by atoms with Crippen LogP contribution in [0.2, 0.25) is 5.15 Å². The van der Waals surface area contributed by atoms with Crippen molar-refractivity contribution in [2.75, 3.05) is 6.61 Å². The fourth-order valence-corrected chi connectivity index (χ4v) is 2.82. The number of aliphatic hydroxyl groups is 1. The largest absolute Gasteiger partial charge is 0.394 e. The summed E-state index contributed by atoms with van der Waals surface area (Å²) in [5.74, 6) is 0. The van der Waals surface area contributed by atoms with Crippen LogP contribution in [-0.4, -0.2) is 30.7 Å². The number of nitrogens with one attached hydrogen (secondary N) is 1. The van der Waals surface area contributed by atoms with Crippen molar-refractivity contribution in [1.82, 2.24) is 9.71 Å². The van der Waals surface area contributed by atoms with E-state index in [1.165, 1.54) is 18.3 Å². The van der Waals surface area contributed by atoms with Crippen LogP contribution in [0.5, 0.6) is 0 Å². The molecule has 1 aromatic rings. The predicted octanol–water partition coefficient (Wildman–Crippen LogP) is 0.538. The minimum atomic E-state index is -3.62. The number of halogens is 1. The maximum atomic E-state index is 11.9. The Bertz CT molecular complexity index is 482. The van der Waals surface area contributed by atoms with Crippen LogP contribution in [-0.2, 0) is 10.0 Å². The molecule has 7 heteroatoms. The molecule has 1 saturated carbocycles. The van der Waals surface area contributed by atoms with E-state index < -0.39 is 15.6 Å². The molecule has 1 heterocycles. The fourth-order valence-electron chi connectivity index (χ4n) is 1.31. The molecule has 88 valence electrons. The second kappa shape index (κ2) is 3.96. The van der Waals surface area contributed by atoms with Gasteiger partial charge in [0.1, 0.15) is 10.0 Å². The number of aromatic nitrogens is 1. The van der Waals surface area contributed by atoms with Gasteiger partial charge in [0.15, 0.2) is 0 Å². The lowest BCUT2D eigenvalue weighted by molar-refractivity contribution is 0.246. The van der Waals surface area contributed by atoms with E-state index in [2.05, 4.69) is 9.71 Å². The van der Waals surface area contributed by atoms with E-state index in [0.717, 1.165) is 0 Å². The van der Waals surface area contributed by atoms with Gasteiger partial charge in [0.25, 0.3) is 0 Å². The molecular formula is C9H11ClN2O3S. The van der Waals surface area contributed by atoms with E-state index in [1.807, 2.05) is 0 Å². The number of nitrogens with zero attached hydrogens (tertiary/aromatic N) is 1. The van der Waals surface area contributed by atoms with Gasteiger partial charge in [-0.15, -0.1) is 0 Å². The summed E-state index contributed by atoms with van der Waals surface area (Å²) in [6.45, 7) is -0.187. The van der Waals surface area contributed by atoms with E-state index in [9.17, 15) is 8.42 Å². The highest BCUT2D eigenvalue weighted by atomic mass is 35.5. The zero-order valence-corrected chi connectivity index (χ0v) is 9.92. The molecular weight excluding hydrogens is 252 g/mol. The van der Waals surface area contributed by atoms with Crippen molar-refractivity contribution in [3.63, 3.8) is 0 Å². The quantitative estimate of drug-likeness (QED) is 0.776. The average molecular weight is 263 g/mol. The maximum absolute atomic E-state index is 11.9. The molecule has 1 fully saturated rings. The van der Waals surface area contributed by atoms with Gasteiger partial charge in [0, 0.05) is 6.20 Å². The number of hydrogen-bond donors (Lipinski definition) is 2. The van der Waals surface area contributed by atoms with Gasteiger partial charge in [-0.2, -0.15) is 0 Å². The lowest BCUT2D eigenvalue weighted by Crippen LogP contribution is -2.39. The van der Waals surface area contributed by atoms with Gasteiger partial charge in [0.05, 0.1) is 12.1 Å². The highest BCUT2D eigenvalue weighted by molar-refractivity contribution is 7.89. The van der Waals surface area contributed by atoms with Gasteiger partial charge in [0.2, 0.25) is 10.0 Å². The summed E-state index contributed by atoms with van der Waals surface area (Å²) < 4.78 is 26.2. The van der Waals surface area contributed by atoms with Gasteiger partial charge in [-0.05, 0) is 25.0 Å². The van der Waals surface area contributed by atoms with Crippen molar-refractivity contribution >= 4 is 21.6 Å². The van der Waals surface area contributed by atoms with Crippen LogP contribution in [0.3, 0.4) is 0 Å². The summed E-state index contributed by atoms with van der Waals surface area (Å²) in [4.78, 5) is 3.76. The molecule has 0 aliphatic heterocycles. The SMILES string of the molecule is O=S(=O)(NC1(CO)CC1)c1ccc(Cl)nc1. The third kappa shape index (κ3) is 2.35. The van der Waals surface area contributed by atoms with Crippen LogP contribution in [0.4, 0.5) is 0 Å². The minimum absolute atomic E-state index is 0.0524. The van der Waals surface area contributed by atoms with Crippen LogP contribution in [0.25, 0.3) is 0 Å². The zero-order chi connectivity index (χ0) is 11.8. The van der Waals surface area contributed by atoms with Gasteiger partial charge in [-0.1, -0.05) is 11.6 Å². The second-order valence-corrected chi connectivity index (χ2v) is 5.93. The van der Waals surface area contributed by atoms with E-state index in [1.54, 1.807) is 0 Å². The summed E-state index contributed by atoms with van der Waals surface area (Å²) >= 11 is 5.57. The first kappa shape index (κ1) is 11.8. The maximum Gasteiger partial charge on any atom is 0.242 e. The van der Waals surface area contributed by atoms with Gasteiger partial charge < -0.3 is 5.11 Å². The minimum Gasteiger partial charge on any atom is -0.394 e. The fraction of sp³-hybridized carbons (Fsp3) is 0.444. The molecule has 0 atom stereocenters. The molecule has 0 aromatic carbocycles. The molecule has 16 heavy (non-hydrogen) atoms. The standard InChI is InChI=1S/C9H11ClN2O3S/c10-8-2-1-7(5-11-8)16(14,15)12-9(6-13)3-4-9/h1-2,5,12-13H,3-4,6H2. The van der Waals surface area contributed by atoms with Crippen molar-refractivity contribution in [3.05, 3.63) is 23.5 Å². The number of rotatable bonds is 4. The molecule has 0 radical (unpaired) electrons. The Balaban J connectivity index is 2.22. The second-order valence-electron chi connectivity index (χ2n) is 3.86. The van der Waals surface area contributed by atoms with Crippen molar-refractivity contribution < 1.29 is 13.5 Å². The molecule has 1 aliphatic carbocycles. The first-order valence-electron chi connectivity index (χ1n) is 4.74. The molecule has 5 nitrogen and oxygen atoms in total. The Kier molecular flexibility index (Phi) is 2.91. The van der Waals surface area contributed by atoms with Gasteiger partial charge in [-0.25, -0.2) is 18.1 Å². The third-order valence-electron chi connectivity index (χ3n) is 2.52. The van der Waals surface area contributed by atoms with Crippen LogP contribution < -0.4 is 4.72 Å².